The summed E-state index contributed by atoms with van der Waals surface area (Å²) in [5, 5.41) is 0. The summed E-state index contributed by atoms with van der Waals surface area (Å²) in [5.74, 6) is 0.491. The lowest BCUT2D eigenvalue weighted by Gasteiger charge is -2.32. The van der Waals surface area contributed by atoms with Crippen LogP contribution in [-0.4, -0.2) is 50.6 Å². The Morgan fingerprint density at radius 2 is 1.76 bits per heavy atom. The van der Waals surface area contributed by atoms with Gasteiger partial charge in [0.15, 0.2) is 6.04 Å². The zero-order valence-corrected chi connectivity index (χ0v) is 16.9. The minimum absolute atomic E-state index is 0.0786. The van der Waals surface area contributed by atoms with E-state index >= 15 is 0 Å². The third-order valence-electron chi connectivity index (χ3n) is 5.92. The molecule has 0 saturated carbocycles. The van der Waals surface area contributed by atoms with Gasteiger partial charge in [-0.05, 0) is 19.1 Å². The number of ether oxygens (including phenoxy) is 1. The first-order valence-corrected chi connectivity index (χ1v) is 10.5. The molecule has 0 spiro atoms. The van der Waals surface area contributed by atoms with Gasteiger partial charge in [0, 0.05) is 11.6 Å². The number of hydrogen-bond donors (Lipinski definition) is 2. The van der Waals surface area contributed by atoms with Crippen molar-refractivity contribution in [2.75, 3.05) is 37.7 Å². The van der Waals surface area contributed by atoms with Crippen molar-refractivity contribution in [1.82, 2.24) is 0 Å². The van der Waals surface area contributed by atoms with Gasteiger partial charge in [0.05, 0.1) is 18.7 Å². The number of rotatable bonds is 6. The number of piperazine rings is 1. The largest absolute Gasteiger partial charge is 0.494 e. The molecule has 2 saturated heterocycles. The minimum Gasteiger partial charge on any atom is -0.494 e. The molecular formula is C23H29N3O3+2. The lowest BCUT2D eigenvalue weighted by Crippen LogP contribution is -3.29. The second-order valence-corrected chi connectivity index (χ2v) is 7.83. The highest BCUT2D eigenvalue weighted by Crippen LogP contribution is 2.25. The van der Waals surface area contributed by atoms with E-state index in [9.17, 15) is 9.59 Å². The molecule has 4 rings (SSSR count). The fraction of sp³-hybridized carbons (Fsp3) is 0.391. The van der Waals surface area contributed by atoms with Gasteiger partial charge in [0.2, 0.25) is 5.91 Å². The molecule has 0 aliphatic carbocycles. The molecule has 2 aliphatic rings. The summed E-state index contributed by atoms with van der Waals surface area (Å²) in [6.07, 6.45) is 0.293. The van der Waals surface area contributed by atoms with E-state index in [1.807, 2.05) is 25.1 Å². The Labute approximate surface area is 171 Å². The molecule has 2 heterocycles. The highest BCUT2D eigenvalue weighted by atomic mass is 16.5. The predicted molar refractivity (Wildman–Crippen MR) is 110 cm³/mol. The van der Waals surface area contributed by atoms with E-state index in [0.29, 0.717) is 24.5 Å². The molecule has 1 atom stereocenters. The van der Waals surface area contributed by atoms with Crippen LogP contribution in [0, 0.1) is 0 Å². The van der Waals surface area contributed by atoms with Gasteiger partial charge in [0.1, 0.15) is 38.5 Å². The topological polar surface area (TPSA) is 55.5 Å². The first-order chi connectivity index (χ1) is 14.2. The molecule has 0 radical (unpaired) electrons. The van der Waals surface area contributed by atoms with Crippen molar-refractivity contribution in [3.8, 4) is 5.75 Å². The molecule has 2 amide bonds. The Morgan fingerprint density at radius 3 is 2.48 bits per heavy atom. The van der Waals surface area contributed by atoms with E-state index < -0.39 is 0 Å². The lowest BCUT2D eigenvalue weighted by atomic mass is 10.1. The maximum Gasteiger partial charge on any atom is 0.292 e. The number of carbonyl (C=O) groups is 2. The number of amides is 2. The average Bonchev–Trinajstić information content (AvgIpc) is 3.04. The molecule has 29 heavy (non-hydrogen) atoms. The Morgan fingerprint density at radius 1 is 1.00 bits per heavy atom. The maximum absolute atomic E-state index is 13.1. The van der Waals surface area contributed by atoms with Crippen LogP contribution in [0.15, 0.2) is 54.6 Å². The summed E-state index contributed by atoms with van der Waals surface area (Å²) >= 11 is 0. The molecule has 2 aliphatic heterocycles. The number of imide groups is 1. The van der Waals surface area contributed by atoms with Crippen LogP contribution in [0.3, 0.4) is 0 Å². The SMILES string of the molecule is CCOc1cccc(N2C(=O)C[C@@H]([NH+]3CC[NH+](Cc4ccccc4)CC3)C2=O)c1. The smallest absolute Gasteiger partial charge is 0.292 e. The molecule has 6 nitrogen and oxygen atoms in total. The van der Waals surface area contributed by atoms with Gasteiger partial charge in [-0.25, -0.2) is 4.90 Å². The first kappa shape index (κ1) is 19.6. The molecule has 152 valence electrons. The number of nitrogens with zero attached hydrogens (tertiary/aromatic N) is 1. The lowest BCUT2D eigenvalue weighted by molar-refractivity contribution is -1.02. The second-order valence-electron chi connectivity index (χ2n) is 7.83. The highest BCUT2D eigenvalue weighted by molar-refractivity contribution is 6.21. The standard InChI is InChI=1S/C23H27N3O3/c1-2-29-20-10-6-9-19(15-20)26-22(27)16-21(23(26)28)25-13-11-24(12-14-25)17-18-7-4-3-5-8-18/h3-10,15,21H,2,11-14,16-17H2,1H3/p+2/t21-/m1/s1. The van der Waals surface area contributed by atoms with Crippen LogP contribution in [0.2, 0.25) is 0 Å². The van der Waals surface area contributed by atoms with Gasteiger partial charge in [-0.15, -0.1) is 0 Å². The van der Waals surface area contributed by atoms with Crippen LogP contribution >= 0.6 is 0 Å². The van der Waals surface area contributed by atoms with Crippen LogP contribution < -0.4 is 19.4 Å². The van der Waals surface area contributed by atoms with Gasteiger partial charge in [-0.3, -0.25) is 9.59 Å². The number of anilines is 1. The summed E-state index contributed by atoms with van der Waals surface area (Å²) in [6.45, 7) is 7.34. The van der Waals surface area contributed by atoms with Crippen LogP contribution in [0.5, 0.6) is 5.75 Å². The van der Waals surface area contributed by atoms with E-state index in [1.165, 1.54) is 20.3 Å². The van der Waals surface area contributed by atoms with Gasteiger partial charge >= 0.3 is 0 Å². The van der Waals surface area contributed by atoms with Crippen LogP contribution in [-0.2, 0) is 16.1 Å². The quantitative estimate of drug-likeness (QED) is 0.661. The Hall–Kier alpha value is -2.70. The predicted octanol–water partition coefficient (Wildman–Crippen LogP) is -0.299. The highest BCUT2D eigenvalue weighted by Gasteiger charge is 2.47. The van der Waals surface area contributed by atoms with Gasteiger partial charge < -0.3 is 14.5 Å². The van der Waals surface area contributed by atoms with Gasteiger partial charge in [-0.1, -0.05) is 36.4 Å². The fourth-order valence-electron chi connectivity index (χ4n) is 4.44. The van der Waals surface area contributed by atoms with Crippen molar-refractivity contribution in [2.24, 2.45) is 0 Å². The molecule has 6 heteroatoms. The zero-order chi connectivity index (χ0) is 20.2. The van der Waals surface area contributed by atoms with Gasteiger partial charge in [0.25, 0.3) is 5.91 Å². The van der Waals surface area contributed by atoms with E-state index in [2.05, 4.69) is 24.3 Å². The molecule has 2 fully saturated rings. The molecule has 0 unspecified atom stereocenters. The summed E-state index contributed by atoms with van der Waals surface area (Å²) < 4.78 is 5.52. The van der Waals surface area contributed by atoms with Crippen LogP contribution in [0.4, 0.5) is 5.69 Å². The second kappa shape index (κ2) is 8.76. The first-order valence-electron chi connectivity index (χ1n) is 10.5. The van der Waals surface area contributed by atoms with E-state index in [1.54, 1.807) is 12.1 Å². The molecule has 2 aromatic carbocycles. The number of hydrogen-bond acceptors (Lipinski definition) is 3. The summed E-state index contributed by atoms with van der Waals surface area (Å²) in [7, 11) is 0. The summed E-state index contributed by atoms with van der Waals surface area (Å²) in [5.41, 5.74) is 1.96. The summed E-state index contributed by atoms with van der Waals surface area (Å²) in [6, 6.07) is 17.5. The molecule has 2 aromatic rings. The number of nitrogens with one attached hydrogen (secondary N) is 2. The monoisotopic (exact) mass is 395 g/mol. The summed E-state index contributed by atoms with van der Waals surface area (Å²) in [4.78, 5) is 29.9. The third kappa shape index (κ3) is 4.33. The third-order valence-corrected chi connectivity index (χ3v) is 5.92. The average molecular weight is 396 g/mol. The van der Waals surface area contributed by atoms with Crippen molar-refractivity contribution in [1.29, 1.82) is 0 Å². The van der Waals surface area contributed by atoms with E-state index in [0.717, 1.165) is 32.7 Å². The Bertz CT molecular complexity index is 863. The van der Waals surface area contributed by atoms with Gasteiger partial charge in [-0.2, -0.15) is 0 Å². The van der Waals surface area contributed by atoms with Crippen LogP contribution in [0.1, 0.15) is 18.9 Å². The van der Waals surface area contributed by atoms with Crippen molar-refractivity contribution in [2.45, 2.75) is 25.9 Å². The molecule has 0 aromatic heterocycles. The van der Waals surface area contributed by atoms with Crippen LogP contribution in [0.25, 0.3) is 0 Å². The molecule has 2 N–H and O–H groups in total. The number of carbonyl (C=O) groups excluding carboxylic acids is 2. The number of benzene rings is 2. The van der Waals surface area contributed by atoms with E-state index in [-0.39, 0.29) is 17.9 Å². The minimum atomic E-state index is -0.267. The van der Waals surface area contributed by atoms with Crippen molar-refractivity contribution in [3.05, 3.63) is 60.2 Å². The Balaban J connectivity index is 1.39. The molecular weight excluding hydrogens is 366 g/mol. The van der Waals surface area contributed by atoms with Crippen molar-refractivity contribution < 1.29 is 24.1 Å². The van der Waals surface area contributed by atoms with Crippen molar-refractivity contribution >= 4 is 17.5 Å². The molecule has 0 bridgehead atoms. The van der Waals surface area contributed by atoms with E-state index in [4.69, 9.17) is 4.74 Å². The zero-order valence-electron chi connectivity index (χ0n) is 16.9. The maximum atomic E-state index is 13.1. The number of quaternary nitrogens is 2. The van der Waals surface area contributed by atoms with Crippen molar-refractivity contribution in [3.63, 3.8) is 0 Å². The fourth-order valence-corrected chi connectivity index (χ4v) is 4.44. The normalized spacial score (nSPS) is 24.7. The Kier molecular flexibility index (Phi) is 5.92.